The smallest absolute Gasteiger partial charge is 0.413 e. The van der Waals surface area contributed by atoms with Crippen molar-refractivity contribution < 1.29 is 22.4 Å². The van der Waals surface area contributed by atoms with Crippen LogP contribution in [0, 0.1) is 0 Å². The molecule has 2 aromatic carbocycles. The zero-order chi connectivity index (χ0) is 26.2. The Morgan fingerprint density at radius 1 is 1.08 bits per heavy atom. The van der Waals surface area contributed by atoms with Gasteiger partial charge < -0.3 is 15.5 Å². The van der Waals surface area contributed by atoms with E-state index in [1.54, 1.807) is 49.4 Å². The van der Waals surface area contributed by atoms with Gasteiger partial charge in [-0.15, -0.1) is 10.2 Å². The van der Waals surface area contributed by atoms with Gasteiger partial charge in [0.1, 0.15) is 11.4 Å². The number of halogens is 3. The first-order valence-electron chi connectivity index (χ1n) is 11.0. The molecule has 0 aliphatic rings. The minimum atomic E-state index is -4.71. The fourth-order valence-corrected chi connectivity index (χ4v) is 3.51. The number of para-hydroxylation sites is 2. The molecule has 0 saturated heterocycles. The minimum absolute atomic E-state index is 0.0121. The van der Waals surface area contributed by atoms with E-state index in [1.165, 1.54) is 6.20 Å². The molecule has 1 atom stereocenters. The Hall–Kier alpha value is -4.65. The van der Waals surface area contributed by atoms with E-state index in [4.69, 9.17) is 10.2 Å². The summed E-state index contributed by atoms with van der Waals surface area (Å²) in [7, 11) is 0. The molecule has 5 rings (SSSR count). The van der Waals surface area contributed by atoms with Gasteiger partial charge in [-0.25, -0.2) is 9.67 Å². The van der Waals surface area contributed by atoms with Gasteiger partial charge in [-0.2, -0.15) is 18.3 Å². The topological polar surface area (TPSA) is 138 Å². The van der Waals surface area contributed by atoms with E-state index in [2.05, 4.69) is 30.6 Å². The van der Waals surface area contributed by atoms with Crippen molar-refractivity contribution in [2.45, 2.75) is 25.7 Å². The van der Waals surface area contributed by atoms with Crippen molar-refractivity contribution in [3.8, 4) is 28.9 Å². The summed E-state index contributed by atoms with van der Waals surface area (Å²) in [5, 5.41) is 14.3. The number of amides is 1. The Kier molecular flexibility index (Phi) is 6.13. The molecule has 0 aliphatic carbocycles. The Morgan fingerprint density at radius 3 is 2.59 bits per heavy atom. The maximum absolute atomic E-state index is 13.6. The van der Waals surface area contributed by atoms with Crippen LogP contribution in [-0.4, -0.2) is 41.9 Å². The van der Waals surface area contributed by atoms with Gasteiger partial charge in [0.25, 0.3) is 11.8 Å². The summed E-state index contributed by atoms with van der Waals surface area (Å²) in [4.78, 5) is 20.5. The number of hydrogen-bond acceptors (Lipinski definition) is 8. The third-order valence-corrected chi connectivity index (χ3v) is 5.35. The second-order valence-corrected chi connectivity index (χ2v) is 8.16. The van der Waals surface area contributed by atoms with Crippen LogP contribution >= 0.6 is 0 Å². The van der Waals surface area contributed by atoms with Gasteiger partial charge in [-0.05, 0) is 36.8 Å². The van der Waals surface area contributed by atoms with Crippen LogP contribution in [0.25, 0.3) is 39.9 Å². The molecule has 37 heavy (non-hydrogen) atoms. The lowest BCUT2D eigenvalue weighted by molar-refractivity contribution is -0.141. The molecule has 5 aromatic rings. The monoisotopic (exact) mass is 508 g/mol. The zero-order valence-electron chi connectivity index (χ0n) is 19.3. The molecule has 188 valence electrons. The number of nitrogens with two attached hydrogens (primary N) is 1. The number of nitrogens with one attached hydrogen (secondary N) is 1. The first-order chi connectivity index (χ1) is 17.7. The molecule has 0 unspecified atom stereocenters. The highest BCUT2D eigenvalue weighted by Gasteiger charge is 2.36. The highest BCUT2D eigenvalue weighted by Crippen LogP contribution is 2.33. The summed E-state index contributed by atoms with van der Waals surface area (Å²) in [5.74, 6) is -0.565. The van der Waals surface area contributed by atoms with Gasteiger partial charge in [0, 0.05) is 12.6 Å². The van der Waals surface area contributed by atoms with E-state index in [0.29, 0.717) is 22.3 Å². The van der Waals surface area contributed by atoms with Gasteiger partial charge in [-0.1, -0.05) is 24.3 Å². The molecular weight excluding hydrogens is 489 g/mol. The second kappa shape index (κ2) is 9.43. The summed E-state index contributed by atoms with van der Waals surface area (Å²) in [6.07, 6.45) is -3.27. The van der Waals surface area contributed by atoms with E-state index in [0.717, 1.165) is 10.7 Å². The van der Waals surface area contributed by atoms with Gasteiger partial charge in [-0.3, -0.25) is 9.78 Å². The highest BCUT2D eigenvalue weighted by atomic mass is 19.4. The fourth-order valence-electron chi connectivity index (χ4n) is 3.51. The third kappa shape index (κ3) is 5.02. The molecule has 0 spiro atoms. The van der Waals surface area contributed by atoms with Crippen molar-refractivity contribution in [3.63, 3.8) is 0 Å². The largest absolute Gasteiger partial charge is 0.435 e. The van der Waals surface area contributed by atoms with E-state index >= 15 is 0 Å². The molecule has 3 aromatic heterocycles. The number of hydrogen-bond donors (Lipinski definition) is 2. The first-order valence-corrected chi connectivity index (χ1v) is 11.0. The lowest BCUT2D eigenvalue weighted by Crippen LogP contribution is -2.37. The molecule has 0 fully saturated rings. The van der Waals surface area contributed by atoms with Crippen LogP contribution in [0.4, 0.5) is 13.2 Å². The highest BCUT2D eigenvalue weighted by molar-refractivity contribution is 5.81. The normalized spacial score (nSPS) is 12.6. The van der Waals surface area contributed by atoms with E-state index in [-0.39, 0.29) is 35.6 Å². The molecular formula is C24H19F3N8O2. The molecule has 13 heteroatoms. The summed E-state index contributed by atoms with van der Waals surface area (Å²) in [6.45, 7) is 1.67. The van der Waals surface area contributed by atoms with Crippen molar-refractivity contribution in [1.29, 1.82) is 0 Å². The Labute approximate surface area is 207 Å². The predicted octanol–water partition coefficient (Wildman–Crippen LogP) is 3.51. The van der Waals surface area contributed by atoms with Crippen molar-refractivity contribution >= 4 is 16.9 Å². The molecule has 0 bridgehead atoms. The molecule has 0 aliphatic heterocycles. The van der Waals surface area contributed by atoms with Crippen molar-refractivity contribution in [1.82, 2.24) is 35.3 Å². The average Bonchev–Trinajstić information content (AvgIpc) is 3.55. The predicted molar refractivity (Wildman–Crippen MR) is 126 cm³/mol. The van der Waals surface area contributed by atoms with Crippen LogP contribution in [0.1, 0.15) is 18.2 Å². The van der Waals surface area contributed by atoms with E-state index in [9.17, 15) is 18.0 Å². The van der Waals surface area contributed by atoms with Crippen LogP contribution in [0.5, 0.6) is 0 Å². The lowest BCUT2D eigenvalue weighted by atomic mass is 10.2. The Morgan fingerprint density at radius 2 is 1.84 bits per heavy atom. The maximum atomic E-state index is 13.6. The van der Waals surface area contributed by atoms with Gasteiger partial charge in [0.2, 0.25) is 5.91 Å². The van der Waals surface area contributed by atoms with Gasteiger partial charge >= 0.3 is 6.18 Å². The van der Waals surface area contributed by atoms with Crippen LogP contribution in [-0.2, 0) is 17.5 Å². The SMILES string of the molecule is C[C@H](N)C(=O)NCc1cccc(-n2nc(C(F)(F)F)cc2-c2nnc(-c3cnc4ccccc4n3)o2)c1. The standard InChI is InChI=1S/C24H19F3N8O2/c1-13(28)21(36)30-11-14-5-4-6-15(9-14)35-19(10-20(34-35)24(25,26)27)23-33-32-22(37-23)18-12-29-16-7-2-3-8-17(16)31-18/h2-10,12-13H,11,28H2,1H3,(H,30,36)/t13-/m0/s1. The minimum Gasteiger partial charge on any atom is -0.413 e. The number of fused-ring (bicyclic) bond motifs is 1. The average molecular weight is 508 g/mol. The molecule has 3 heterocycles. The number of rotatable bonds is 6. The first kappa shape index (κ1) is 24.1. The third-order valence-electron chi connectivity index (χ3n) is 5.35. The lowest BCUT2D eigenvalue weighted by Gasteiger charge is -2.10. The van der Waals surface area contributed by atoms with Crippen molar-refractivity contribution in [2.75, 3.05) is 0 Å². The molecule has 3 N–H and O–H groups in total. The quantitative estimate of drug-likeness (QED) is 0.355. The van der Waals surface area contributed by atoms with Crippen molar-refractivity contribution in [2.24, 2.45) is 5.73 Å². The van der Waals surface area contributed by atoms with E-state index in [1.807, 2.05) is 6.07 Å². The molecule has 1 amide bonds. The summed E-state index contributed by atoms with van der Waals surface area (Å²) >= 11 is 0. The number of carbonyl (C=O) groups excluding carboxylic acids is 1. The Balaban J connectivity index is 1.52. The number of benzene rings is 2. The summed E-state index contributed by atoms with van der Waals surface area (Å²) in [6, 6.07) is 13.8. The summed E-state index contributed by atoms with van der Waals surface area (Å²) < 4.78 is 47.5. The van der Waals surface area contributed by atoms with Crippen LogP contribution in [0.3, 0.4) is 0 Å². The second-order valence-electron chi connectivity index (χ2n) is 8.16. The van der Waals surface area contributed by atoms with Crippen LogP contribution in [0.2, 0.25) is 0 Å². The molecule has 0 saturated carbocycles. The van der Waals surface area contributed by atoms with Crippen molar-refractivity contribution in [3.05, 3.63) is 72.1 Å². The Bertz CT molecular complexity index is 1590. The maximum Gasteiger partial charge on any atom is 0.435 e. The summed E-state index contributed by atoms with van der Waals surface area (Å²) in [5.41, 5.74) is 6.79. The van der Waals surface area contributed by atoms with Gasteiger partial charge in [0.15, 0.2) is 5.69 Å². The number of aromatic nitrogens is 6. The fraction of sp³-hybridized carbons (Fsp3) is 0.167. The number of alkyl halides is 3. The van der Waals surface area contributed by atoms with Crippen LogP contribution in [0.15, 0.2) is 65.2 Å². The van der Waals surface area contributed by atoms with Gasteiger partial charge in [0.05, 0.1) is 29.0 Å². The molecule has 0 radical (unpaired) electrons. The van der Waals surface area contributed by atoms with E-state index < -0.39 is 17.9 Å². The molecule has 10 nitrogen and oxygen atoms in total. The number of carbonyl (C=O) groups is 1. The number of nitrogens with zero attached hydrogens (tertiary/aromatic N) is 6. The zero-order valence-corrected chi connectivity index (χ0v) is 19.3. The van der Waals surface area contributed by atoms with Crippen LogP contribution < -0.4 is 11.1 Å².